The number of ether oxygens (including phenoxy) is 1. The van der Waals surface area contributed by atoms with Crippen LogP contribution in [0, 0.1) is 0 Å². The maximum absolute atomic E-state index is 12.9. The van der Waals surface area contributed by atoms with Crippen LogP contribution in [0.1, 0.15) is 62.8 Å². The number of hydrogen-bond donors (Lipinski definition) is 2. The summed E-state index contributed by atoms with van der Waals surface area (Å²) < 4.78 is 33.6. The van der Waals surface area contributed by atoms with Gasteiger partial charge in [0, 0.05) is 18.7 Å². The highest BCUT2D eigenvalue weighted by Gasteiger charge is 2.34. The minimum atomic E-state index is -2.71. The summed E-state index contributed by atoms with van der Waals surface area (Å²) in [6, 6.07) is 8.18. The highest BCUT2D eigenvalue weighted by molar-refractivity contribution is 5.78. The SMILES string of the molecule is CC1CC=C(c2ccc(C(N3CCOCC3)C(C)(C)O)cc2)c2nc(Nc3cnn(C(F)F)c3)nn21. The number of aliphatic hydroxyl groups is 1. The van der Waals surface area contributed by atoms with E-state index >= 15 is 0 Å². The normalized spacial score (nSPS) is 19.8. The van der Waals surface area contributed by atoms with Crippen molar-refractivity contribution in [1.82, 2.24) is 29.4 Å². The lowest BCUT2D eigenvalue weighted by molar-refractivity contribution is -0.0602. The molecule has 0 radical (unpaired) electrons. The van der Waals surface area contributed by atoms with E-state index < -0.39 is 12.2 Å². The Labute approximate surface area is 208 Å². The fourth-order valence-electron chi connectivity index (χ4n) is 4.98. The Kier molecular flexibility index (Phi) is 6.62. The number of halogens is 2. The Morgan fingerprint density at radius 3 is 2.53 bits per heavy atom. The van der Waals surface area contributed by atoms with Crippen molar-refractivity contribution in [2.45, 2.75) is 51.4 Å². The van der Waals surface area contributed by atoms with Crippen molar-refractivity contribution in [2.75, 3.05) is 31.6 Å². The molecule has 1 fully saturated rings. The first-order valence-electron chi connectivity index (χ1n) is 12.1. The quantitative estimate of drug-likeness (QED) is 0.504. The minimum absolute atomic E-state index is 0.107. The van der Waals surface area contributed by atoms with Crippen LogP contribution in [0.4, 0.5) is 20.4 Å². The second kappa shape index (κ2) is 9.72. The van der Waals surface area contributed by atoms with E-state index in [0.29, 0.717) is 35.4 Å². The molecule has 2 aliphatic rings. The molecule has 192 valence electrons. The van der Waals surface area contributed by atoms with Crippen molar-refractivity contribution in [2.24, 2.45) is 0 Å². The Morgan fingerprint density at radius 2 is 1.89 bits per heavy atom. The molecule has 2 atom stereocenters. The second-order valence-corrected chi connectivity index (χ2v) is 9.84. The number of nitrogens with one attached hydrogen (secondary N) is 1. The monoisotopic (exact) mass is 499 g/mol. The molecule has 0 aliphatic carbocycles. The number of morpholine rings is 1. The van der Waals surface area contributed by atoms with Gasteiger partial charge in [-0.1, -0.05) is 30.3 Å². The van der Waals surface area contributed by atoms with Crippen LogP contribution in [0.5, 0.6) is 0 Å². The molecule has 0 bridgehead atoms. The zero-order valence-corrected chi connectivity index (χ0v) is 20.6. The Morgan fingerprint density at radius 1 is 1.17 bits per heavy atom. The van der Waals surface area contributed by atoms with Crippen molar-refractivity contribution >= 4 is 17.2 Å². The van der Waals surface area contributed by atoms with Gasteiger partial charge >= 0.3 is 6.55 Å². The standard InChI is InChI=1S/C25H31F2N7O2/c1-16-4-9-20(22-30-24(31-34(16)22)29-19-14-28-33(15-19)23(26)27)17-5-7-18(8-6-17)21(25(2,3)35)32-10-12-36-13-11-32/h5-9,14-16,21,23,35H,4,10-13H2,1-3H3,(H,29,31). The molecule has 3 aromatic rings. The van der Waals surface area contributed by atoms with Gasteiger partial charge in [0.25, 0.3) is 0 Å². The summed E-state index contributed by atoms with van der Waals surface area (Å²) in [6.45, 7) is 5.89. The molecule has 2 unspecified atom stereocenters. The number of allylic oxidation sites excluding steroid dienone is 1. The number of anilines is 2. The molecule has 0 saturated carbocycles. The third-order valence-corrected chi connectivity index (χ3v) is 6.63. The van der Waals surface area contributed by atoms with Crippen LogP contribution in [0.3, 0.4) is 0 Å². The summed E-state index contributed by atoms with van der Waals surface area (Å²) in [7, 11) is 0. The van der Waals surface area contributed by atoms with E-state index in [2.05, 4.69) is 62.7 Å². The molecule has 1 saturated heterocycles. The molecule has 11 heteroatoms. The molecule has 4 heterocycles. The lowest BCUT2D eigenvalue weighted by Gasteiger charge is -2.41. The molecular weight excluding hydrogens is 468 g/mol. The summed E-state index contributed by atoms with van der Waals surface area (Å²) in [6.07, 6.45) is 5.48. The van der Waals surface area contributed by atoms with Gasteiger partial charge in [-0.25, -0.2) is 9.36 Å². The predicted octanol–water partition coefficient (Wildman–Crippen LogP) is 4.15. The van der Waals surface area contributed by atoms with Crippen LogP contribution in [0.2, 0.25) is 0 Å². The number of hydrogen-bond acceptors (Lipinski definition) is 7. The summed E-state index contributed by atoms with van der Waals surface area (Å²) in [5.74, 6) is 1.03. The molecule has 0 spiro atoms. The van der Waals surface area contributed by atoms with E-state index in [9.17, 15) is 13.9 Å². The van der Waals surface area contributed by atoms with Crippen LogP contribution in [-0.4, -0.2) is 66.5 Å². The molecule has 1 aromatic carbocycles. The first kappa shape index (κ1) is 24.5. The summed E-state index contributed by atoms with van der Waals surface area (Å²) in [5, 5.41) is 22.1. The van der Waals surface area contributed by atoms with Gasteiger partial charge in [0.2, 0.25) is 5.95 Å². The zero-order valence-electron chi connectivity index (χ0n) is 20.6. The van der Waals surface area contributed by atoms with Crippen LogP contribution in [-0.2, 0) is 4.74 Å². The van der Waals surface area contributed by atoms with Crippen molar-refractivity contribution in [3.63, 3.8) is 0 Å². The number of rotatable bonds is 7. The topological polar surface area (TPSA) is 93.3 Å². The van der Waals surface area contributed by atoms with Gasteiger partial charge < -0.3 is 15.2 Å². The first-order valence-corrected chi connectivity index (χ1v) is 12.1. The Hall–Kier alpha value is -3.15. The molecule has 2 aromatic heterocycles. The predicted molar refractivity (Wildman–Crippen MR) is 131 cm³/mol. The van der Waals surface area contributed by atoms with Crippen molar-refractivity contribution in [3.8, 4) is 0 Å². The number of fused-ring (bicyclic) bond motifs is 1. The molecule has 5 rings (SSSR count). The van der Waals surface area contributed by atoms with E-state index in [1.54, 1.807) is 0 Å². The number of alkyl halides is 2. The van der Waals surface area contributed by atoms with Crippen LogP contribution in [0.15, 0.2) is 42.7 Å². The van der Waals surface area contributed by atoms with Gasteiger partial charge in [-0.3, -0.25) is 4.90 Å². The smallest absolute Gasteiger partial charge is 0.333 e. The molecule has 9 nitrogen and oxygen atoms in total. The molecule has 2 aliphatic heterocycles. The Bertz CT molecular complexity index is 1220. The summed E-state index contributed by atoms with van der Waals surface area (Å²) in [4.78, 5) is 6.93. The largest absolute Gasteiger partial charge is 0.388 e. The third-order valence-electron chi connectivity index (χ3n) is 6.63. The average molecular weight is 500 g/mol. The van der Waals surface area contributed by atoms with Crippen molar-refractivity contribution < 1.29 is 18.6 Å². The van der Waals surface area contributed by atoms with Gasteiger partial charge in [-0.15, -0.1) is 5.10 Å². The van der Waals surface area contributed by atoms with Gasteiger partial charge in [0.05, 0.1) is 49.0 Å². The molecule has 0 amide bonds. The van der Waals surface area contributed by atoms with E-state index in [1.807, 2.05) is 18.5 Å². The highest BCUT2D eigenvalue weighted by atomic mass is 19.3. The maximum atomic E-state index is 12.9. The number of benzene rings is 1. The lowest BCUT2D eigenvalue weighted by Crippen LogP contribution is -2.47. The van der Waals surface area contributed by atoms with Gasteiger partial charge in [-0.2, -0.15) is 18.9 Å². The fourth-order valence-corrected chi connectivity index (χ4v) is 4.98. The van der Waals surface area contributed by atoms with Crippen molar-refractivity contribution in [1.29, 1.82) is 0 Å². The van der Waals surface area contributed by atoms with Crippen LogP contribution >= 0.6 is 0 Å². The van der Waals surface area contributed by atoms with E-state index in [4.69, 9.17) is 4.74 Å². The Balaban J connectivity index is 1.40. The van der Waals surface area contributed by atoms with Crippen LogP contribution in [0.25, 0.3) is 5.57 Å². The minimum Gasteiger partial charge on any atom is -0.388 e. The number of nitrogens with zero attached hydrogens (tertiary/aromatic N) is 6. The van der Waals surface area contributed by atoms with E-state index in [-0.39, 0.29) is 12.1 Å². The summed E-state index contributed by atoms with van der Waals surface area (Å²) in [5.41, 5.74) is 2.46. The summed E-state index contributed by atoms with van der Waals surface area (Å²) >= 11 is 0. The molecule has 2 N–H and O–H groups in total. The van der Waals surface area contributed by atoms with Crippen molar-refractivity contribution in [3.05, 3.63) is 59.7 Å². The second-order valence-electron chi connectivity index (χ2n) is 9.84. The zero-order chi connectivity index (χ0) is 25.4. The lowest BCUT2D eigenvalue weighted by atomic mass is 9.88. The third kappa shape index (κ3) is 4.91. The highest BCUT2D eigenvalue weighted by Crippen LogP contribution is 2.36. The average Bonchev–Trinajstić information content (AvgIpc) is 3.48. The maximum Gasteiger partial charge on any atom is 0.333 e. The molecule has 36 heavy (non-hydrogen) atoms. The van der Waals surface area contributed by atoms with Crippen LogP contribution < -0.4 is 5.32 Å². The van der Waals surface area contributed by atoms with Gasteiger partial charge in [0.1, 0.15) is 0 Å². The van der Waals surface area contributed by atoms with E-state index in [0.717, 1.165) is 36.2 Å². The van der Waals surface area contributed by atoms with Gasteiger partial charge in [0.15, 0.2) is 5.82 Å². The van der Waals surface area contributed by atoms with E-state index in [1.165, 1.54) is 12.4 Å². The van der Waals surface area contributed by atoms with Gasteiger partial charge in [-0.05, 0) is 38.3 Å². The number of aromatic nitrogens is 5. The first-order chi connectivity index (χ1) is 17.2. The fraction of sp³-hybridized carbons (Fsp3) is 0.480. The molecular formula is C25H31F2N7O2.